The fourth-order valence-electron chi connectivity index (χ4n) is 0.508. The third-order valence-corrected chi connectivity index (χ3v) is 0.858. The van der Waals surface area contributed by atoms with E-state index in [1.165, 1.54) is 0 Å². The van der Waals surface area contributed by atoms with E-state index in [2.05, 4.69) is 5.32 Å². The van der Waals surface area contributed by atoms with Gasteiger partial charge in [-0.15, -0.1) is 0 Å². The predicted octanol–water partition coefficient (Wildman–Crippen LogP) is 0.0712. The van der Waals surface area contributed by atoms with Gasteiger partial charge in [0.2, 0.25) is 11.8 Å². The third kappa shape index (κ3) is 1.54. The molecule has 0 aromatic carbocycles. The number of carbonyl (C=O) groups excluding carboxylic acids is 2. The van der Waals surface area contributed by atoms with Crippen LogP contribution in [0.3, 0.4) is 0 Å². The number of nitrogens with one attached hydrogen (secondary N) is 1. The standard InChI is InChI=1S/C4H5NO2.S/c6-3-1-2-4(7)5-3;/h1-2H2,(H,5,6,7);. The van der Waals surface area contributed by atoms with E-state index in [-0.39, 0.29) is 25.3 Å². The average molecular weight is 131 g/mol. The van der Waals surface area contributed by atoms with Crippen molar-refractivity contribution in [1.82, 2.24) is 5.32 Å². The molecule has 1 fully saturated rings. The van der Waals surface area contributed by atoms with Crippen molar-refractivity contribution in [2.75, 3.05) is 0 Å². The fraction of sp³-hybridized carbons (Fsp3) is 0.500. The molecule has 2 amide bonds. The van der Waals surface area contributed by atoms with Crippen LogP contribution < -0.4 is 5.32 Å². The van der Waals surface area contributed by atoms with Gasteiger partial charge in [-0.3, -0.25) is 14.9 Å². The highest BCUT2D eigenvalue weighted by Crippen LogP contribution is 1.95. The largest absolute Gasteiger partial charge is 0.296 e. The highest BCUT2D eigenvalue weighted by atomic mass is 32.1. The Kier molecular flexibility index (Phi) is 2.54. The van der Waals surface area contributed by atoms with Crippen LogP contribution in [0.5, 0.6) is 0 Å². The van der Waals surface area contributed by atoms with E-state index in [0.29, 0.717) is 12.8 Å². The Balaban J connectivity index is 0.000000490. The summed E-state index contributed by atoms with van der Waals surface area (Å²) in [7, 11) is 0. The van der Waals surface area contributed by atoms with Gasteiger partial charge >= 0.3 is 0 Å². The molecular weight excluding hydrogens is 126 g/mol. The van der Waals surface area contributed by atoms with Crippen LogP contribution in [0.4, 0.5) is 0 Å². The van der Waals surface area contributed by atoms with Crippen molar-refractivity contribution in [2.24, 2.45) is 0 Å². The van der Waals surface area contributed by atoms with E-state index in [1.807, 2.05) is 0 Å². The first-order chi connectivity index (χ1) is 3.29. The summed E-state index contributed by atoms with van der Waals surface area (Å²) in [6.45, 7) is 0. The van der Waals surface area contributed by atoms with Crippen LogP contribution >= 0.6 is 13.5 Å². The molecule has 4 heteroatoms. The zero-order valence-electron chi connectivity index (χ0n) is 4.14. The first kappa shape index (κ1) is 7.49. The van der Waals surface area contributed by atoms with Gasteiger partial charge in [0.15, 0.2) is 0 Å². The van der Waals surface area contributed by atoms with Crippen molar-refractivity contribution in [3.8, 4) is 0 Å². The van der Waals surface area contributed by atoms with Crippen molar-refractivity contribution in [3.63, 3.8) is 0 Å². The minimum atomic E-state index is -0.148. The molecule has 3 nitrogen and oxygen atoms in total. The Morgan fingerprint density at radius 2 is 1.50 bits per heavy atom. The van der Waals surface area contributed by atoms with Crippen LogP contribution in [0, 0.1) is 0 Å². The van der Waals surface area contributed by atoms with Crippen LogP contribution in [-0.4, -0.2) is 11.8 Å². The second kappa shape index (κ2) is 2.71. The highest BCUT2D eigenvalue weighted by molar-refractivity contribution is 7.59. The number of hydrogen-bond acceptors (Lipinski definition) is 2. The molecule has 1 heterocycles. The first-order valence-electron chi connectivity index (χ1n) is 2.12. The van der Waals surface area contributed by atoms with Crippen molar-refractivity contribution < 1.29 is 9.59 Å². The molecule has 1 N–H and O–H groups in total. The van der Waals surface area contributed by atoms with Crippen LogP contribution in [-0.2, 0) is 9.59 Å². The fourth-order valence-corrected chi connectivity index (χ4v) is 0.508. The maximum Gasteiger partial charge on any atom is 0.227 e. The normalized spacial score (nSPS) is 17.5. The molecule has 0 aromatic heterocycles. The lowest BCUT2D eigenvalue weighted by molar-refractivity contribution is -0.124. The van der Waals surface area contributed by atoms with Crippen molar-refractivity contribution in [3.05, 3.63) is 0 Å². The molecule has 0 atom stereocenters. The first-order valence-corrected chi connectivity index (χ1v) is 2.12. The number of imide groups is 1. The Labute approximate surface area is 53.9 Å². The summed E-state index contributed by atoms with van der Waals surface area (Å²) in [5, 5.41) is 2.14. The number of amides is 2. The molecule has 8 heavy (non-hydrogen) atoms. The Hall–Kier alpha value is -0.510. The van der Waals surface area contributed by atoms with Crippen LogP contribution in [0.1, 0.15) is 12.8 Å². The summed E-state index contributed by atoms with van der Waals surface area (Å²) in [5.41, 5.74) is 0. The minimum absolute atomic E-state index is 0. The third-order valence-electron chi connectivity index (χ3n) is 0.858. The predicted molar refractivity (Wildman–Crippen MR) is 30.0 cm³/mol. The Morgan fingerprint density at radius 3 is 1.62 bits per heavy atom. The summed E-state index contributed by atoms with van der Waals surface area (Å²) in [5.74, 6) is -0.296. The van der Waals surface area contributed by atoms with Gasteiger partial charge in [0, 0.05) is 26.3 Å². The molecule has 1 aliphatic heterocycles. The lowest BCUT2D eigenvalue weighted by Crippen LogP contribution is -2.18. The van der Waals surface area contributed by atoms with Gasteiger partial charge in [-0.1, -0.05) is 0 Å². The number of carbonyl (C=O) groups is 2. The van der Waals surface area contributed by atoms with Gasteiger partial charge in [0.05, 0.1) is 0 Å². The SMILES string of the molecule is O=C1CCC(=O)N1.[S]. The van der Waals surface area contributed by atoms with Crippen molar-refractivity contribution in [1.29, 1.82) is 0 Å². The van der Waals surface area contributed by atoms with Crippen LogP contribution in [0.15, 0.2) is 0 Å². The smallest absolute Gasteiger partial charge is 0.227 e. The van der Waals surface area contributed by atoms with E-state index in [1.54, 1.807) is 0 Å². The summed E-state index contributed by atoms with van der Waals surface area (Å²) in [6, 6.07) is 0. The highest BCUT2D eigenvalue weighted by Gasteiger charge is 2.15. The topological polar surface area (TPSA) is 46.2 Å². The summed E-state index contributed by atoms with van der Waals surface area (Å²) < 4.78 is 0. The van der Waals surface area contributed by atoms with Gasteiger partial charge in [0.25, 0.3) is 0 Å². The Bertz CT molecular complexity index is 109. The molecule has 2 radical (unpaired) electrons. The van der Waals surface area contributed by atoms with E-state index in [4.69, 9.17) is 0 Å². The van der Waals surface area contributed by atoms with Crippen LogP contribution in [0.25, 0.3) is 0 Å². The Morgan fingerprint density at radius 1 is 1.12 bits per heavy atom. The zero-order valence-corrected chi connectivity index (χ0v) is 4.96. The van der Waals surface area contributed by atoms with E-state index < -0.39 is 0 Å². The monoisotopic (exact) mass is 131 g/mol. The van der Waals surface area contributed by atoms with Crippen LogP contribution in [0.2, 0.25) is 0 Å². The lowest BCUT2D eigenvalue weighted by Gasteiger charge is -1.79. The zero-order chi connectivity index (χ0) is 5.28. The molecule has 1 aliphatic rings. The molecule has 0 bridgehead atoms. The maximum absolute atomic E-state index is 10.1. The molecule has 0 spiro atoms. The molecule has 0 aliphatic carbocycles. The number of hydrogen-bond donors (Lipinski definition) is 1. The van der Waals surface area contributed by atoms with Crippen molar-refractivity contribution >= 4 is 25.3 Å². The molecule has 1 saturated heterocycles. The van der Waals surface area contributed by atoms with Gasteiger partial charge in [-0.05, 0) is 0 Å². The second-order valence-corrected chi connectivity index (χ2v) is 1.47. The maximum atomic E-state index is 10.1. The summed E-state index contributed by atoms with van der Waals surface area (Å²) in [4.78, 5) is 20.2. The molecule has 0 aromatic rings. The molecule has 0 unspecified atom stereocenters. The number of rotatable bonds is 0. The minimum Gasteiger partial charge on any atom is -0.296 e. The van der Waals surface area contributed by atoms with Gasteiger partial charge in [0.1, 0.15) is 0 Å². The quantitative estimate of drug-likeness (QED) is 0.473. The van der Waals surface area contributed by atoms with E-state index in [9.17, 15) is 9.59 Å². The van der Waals surface area contributed by atoms with Gasteiger partial charge in [-0.25, -0.2) is 0 Å². The van der Waals surface area contributed by atoms with Gasteiger partial charge in [-0.2, -0.15) is 0 Å². The lowest BCUT2D eigenvalue weighted by atomic mass is 10.4. The van der Waals surface area contributed by atoms with E-state index in [0.717, 1.165) is 0 Å². The van der Waals surface area contributed by atoms with E-state index >= 15 is 0 Å². The molecule has 44 valence electrons. The summed E-state index contributed by atoms with van der Waals surface area (Å²) in [6.07, 6.45) is 0.748. The molecular formula is C4H5NO2S. The average Bonchev–Trinajstić information content (AvgIpc) is 1.87. The van der Waals surface area contributed by atoms with Gasteiger partial charge < -0.3 is 0 Å². The van der Waals surface area contributed by atoms with Crippen molar-refractivity contribution in [2.45, 2.75) is 12.8 Å². The second-order valence-electron chi connectivity index (χ2n) is 1.47. The molecule has 1 rings (SSSR count). The molecule has 0 saturated carbocycles. The summed E-state index contributed by atoms with van der Waals surface area (Å²) >= 11 is 0.